The molecule has 13 heavy (non-hydrogen) atoms. The van der Waals surface area contributed by atoms with Gasteiger partial charge in [0.25, 0.3) is 0 Å². The van der Waals surface area contributed by atoms with E-state index in [0.29, 0.717) is 5.69 Å². The Morgan fingerprint density at radius 1 is 1.38 bits per heavy atom. The molecule has 0 atom stereocenters. The highest BCUT2D eigenvalue weighted by molar-refractivity contribution is 5.74. The minimum absolute atomic E-state index is 0.152. The number of carbonyl (C=O) groups excluding carboxylic acids is 1. The van der Waals surface area contributed by atoms with Crippen molar-refractivity contribution in [2.24, 2.45) is 10.2 Å². The lowest BCUT2D eigenvalue weighted by atomic mass is 10.3. The van der Waals surface area contributed by atoms with Gasteiger partial charge in [-0.05, 0) is 24.3 Å². The molecule has 0 heterocycles. The fourth-order valence-corrected chi connectivity index (χ4v) is 0.672. The smallest absolute Gasteiger partial charge is 0.359 e. The van der Waals surface area contributed by atoms with Crippen molar-refractivity contribution in [3.05, 3.63) is 24.3 Å². The molecule has 2 amide bonds. The van der Waals surface area contributed by atoms with Crippen LogP contribution in [0.4, 0.5) is 10.5 Å². The molecule has 0 unspecified atom stereocenters. The zero-order valence-electron chi connectivity index (χ0n) is 7.06. The Kier molecular flexibility index (Phi) is 2.97. The molecular formula is C8H9N3O2. The first kappa shape index (κ1) is 9.18. The van der Waals surface area contributed by atoms with E-state index in [4.69, 9.17) is 5.11 Å². The first-order valence-electron chi connectivity index (χ1n) is 3.65. The molecule has 1 rings (SSSR count). The predicted octanol–water partition coefficient (Wildman–Crippen LogP) is 1.82. The Morgan fingerprint density at radius 3 is 2.54 bits per heavy atom. The second-order valence-electron chi connectivity index (χ2n) is 2.27. The van der Waals surface area contributed by atoms with Crippen molar-refractivity contribution in [2.45, 2.75) is 0 Å². The molecule has 1 aromatic rings. The molecule has 0 saturated carbocycles. The van der Waals surface area contributed by atoms with E-state index in [1.807, 2.05) is 0 Å². The molecule has 0 aliphatic carbocycles. The number of phenolic OH excluding ortho intramolecular Hbond substituents is 1. The molecule has 0 aliphatic rings. The average molecular weight is 179 g/mol. The molecule has 0 bridgehead atoms. The zero-order chi connectivity index (χ0) is 9.68. The van der Waals surface area contributed by atoms with E-state index in [1.165, 1.54) is 19.2 Å². The van der Waals surface area contributed by atoms with Crippen LogP contribution in [0.15, 0.2) is 34.5 Å². The normalized spacial score (nSPS) is 10.2. The van der Waals surface area contributed by atoms with Gasteiger partial charge in [-0.1, -0.05) is 5.11 Å². The molecule has 0 radical (unpaired) electrons. The summed E-state index contributed by atoms with van der Waals surface area (Å²) in [5.74, 6) is 0.152. The molecule has 0 fully saturated rings. The molecule has 0 aliphatic heterocycles. The van der Waals surface area contributed by atoms with Gasteiger partial charge >= 0.3 is 6.03 Å². The van der Waals surface area contributed by atoms with Crippen LogP contribution in [-0.2, 0) is 0 Å². The van der Waals surface area contributed by atoms with Crippen molar-refractivity contribution in [3.8, 4) is 5.75 Å². The van der Waals surface area contributed by atoms with Gasteiger partial charge < -0.3 is 10.4 Å². The van der Waals surface area contributed by atoms with Crippen LogP contribution in [0.25, 0.3) is 0 Å². The highest BCUT2D eigenvalue weighted by Gasteiger charge is 1.92. The van der Waals surface area contributed by atoms with Crippen molar-refractivity contribution < 1.29 is 9.90 Å². The SMILES string of the molecule is CNC(=O)N=Nc1ccc(O)cc1. The van der Waals surface area contributed by atoms with Gasteiger partial charge in [-0.3, -0.25) is 0 Å². The number of azo groups is 1. The van der Waals surface area contributed by atoms with E-state index >= 15 is 0 Å². The molecular weight excluding hydrogens is 170 g/mol. The number of phenols is 1. The summed E-state index contributed by atoms with van der Waals surface area (Å²) in [6.07, 6.45) is 0. The number of amides is 2. The van der Waals surface area contributed by atoms with Gasteiger partial charge in [-0.2, -0.15) is 0 Å². The summed E-state index contributed by atoms with van der Waals surface area (Å²) >= 11 is 0. The summed E-state index contributed by atoms with van der Waals surface area (Å²) in [6, 6.07) is 5.55. The van der Waals surface area contributed by atoms with Crippen LogP contribution < -0.4 is 5.32 Å². The topological polar surface area (TPSA) is 74.0 Å². The second kappa shape index (κ2) is 4.20. The van der Waals surface area contributed by atoms with Gasteiger partial charge in [-0.25, -0.2) is 4.79 Å². The molecule has 0 aromatic heterocycles. The van der Waals surface area contributed by atoms with Crippen LogP contribution in [-0.4, -0.2) is 18.2 Å². The first-order chi connectivity index (χ1) is 6.22. The number of benzene rings is 1. The van der Waals surface area contributed by atoms with Gasteiger partial charge in [0.15, 0.2) is 0 Å². The number of hydrogen-bond donors (Lipinski definition) is 2. The minimum atomic E-state index is -0.506. The third kappa shape index (κ3) is 2.90. The average Bonchev–Trinajstić information content (AvgIpc) is 2.16. The quantitative estimate of drug-likeness (QED) is 0.645. The molecule has 1 aromatic carbocycles. The summed E-state index contributed by atoms with van der Waals surface area (Å²) in [6.45, 7) is 0. The van der Waals surface area contributed by atoms with Crippen LogP contribution >= 0.6 is 0 Å². The number of rotatable bonds is 1. The van der Waals surface area contributed by atoms with Gasteiger partial charge in [0.05, 0.1) is 5.69 Å². The first-order valence-corrected chi connectivity index (χ1v) is 3.65. The van der Waals surface area contributed by atoms with Crippen LogP contribution in [0.1, 0.15) is 0 Å². The Hall–Kier alpha value is -1.91. The van der Waals surface area contributed by atoms with Gasteiger partial charge in [0, 0.05) is 7.05 Å². The number of nitrogens with one attached hydrogen (secondary N) is 1. The number of carbonyl (C=O) groups is 1. The zero-order valence-corrected chi connectivity index (χ0v) is 7.06. The lowest BCUT2D eigenvalue weighted by Gasteiger charge is -1.92. The Labute approximate surface area is 75.1 Å². The van der Waals surface area contributed by atoms with E-state index in [1.54, 1.807) is 12.1 Å². The lowest BCUT2D eigenvalue weighted by molar-refractivity contribution is 0.250. The summed E-state index contributed by atoms with van der Waals surface area (Å²) in [5, 5.41) is 18.2. The molecule has 0 spiro atoms. The molecule has 0 saturated heterocycles. The molecule has 68 valence electrons. The Bertz CT molecular complexity index is 319. The van der Waals surface area contributed by atoms with Crippen molar-refractivity contribution in [1.29, 1.82) is 0 Å². The van der Waals surface area contributed by atoms with Crippen molar-refractivity contribution in [1.82, 2.24) is 5.32 Å². The van der Waals surface area contributed by atoms with Crippen LogP contribution in [0.2, 0.25) is 0 Å². The number of nitrogens with zero attached hydrogens (tertiary/aromatic N) is 2. The highest BCUT2D eigenvalue weighted by Crippen LogP contribution is 2.16. The molecule has 2 N–H and O–H groups in total. The largest absolute Gasteiger partial charge is 0.508 e. The third-order valence-electron chi connectivity index (χ3n) is 1.32. The minimum Gasteiger partial charge on any atom is -0.508 e. The summed E-state index contributed by atoms with van der Waals surface area (Å²) in [7, 11) is 1.47. The maximum atomic E-state index is 10.6. The van der Waals surface area contributed by atoms with Crippen LogP contribution in [0, 0.1) is 0 Å². The molecule has 5 heteroatoms. The number of hydrogen-bond acceptors (Lipinski definition) is 3. The second-order valence-corrected chi connectivity index (χ2v) is 2.27. The summed E-state index contributed by atoms with van der Waals surface area (Å²) in [4.78, 5) is 10.6. The van der Waals surface area contributed by atoms with E-state index in [9.17, 15) is 4.79 Å². The third-order valence-corrected chi connectivity index (χ3v) is 1.32. The van der Waals surface area contributed by atoms with E-state index in [2.05, 4.69) is 15.5 Å². The van der Waals surface area contributed by atoms with Crippen LogP contribution in [0.3, 0.4) is 0 Å². The number of aromatic hydroxyl groups is 1. The molecule has 5 nitrogen and oxygen atoms in total. The fourth-order valence-electron chi connectivity index (χ4n) is 0.672. The van der Waals surface area contributed by atoms with Crippen molar-refractivity contribution in [3.63, 3.8) is 0 Å². The van der Waals surface area contributed by atoms with Gasteiger partial charge in [0.2, 0.25) is 0 Å². The Balaban J connectivity index is 2.69. The fraction of sp³-hybridized carbons (Fsp3) is 0.125. The summed E-state index contributed by atoms with van der Waals surface area (Å²) in [5.41, 5.74) is 0.515. The van der Waals surface area contributed by atoms with E-state index in [-0.39, 0.29) is 5.75 Å². The lowest BCUT2D eigenvalue weighted by Crippen LogP contribution is -2.11. The van der Waals surface area contributed by atoms with Gasteiger partial charge in [-0.15, -0.1) is 5.11 Å². The van der Waals surface area contributed by atoms with E-state index in [0.717, 1.165) is 0 Å². The standard InChI is InChI=1S/C8H9N3O2/c1-9-8(13)11-10-6-2-4-7(12)5-3-6/h2-5,12H,1H3,(H,9,13). The maximum Gasteiger partial charge on any atom is 0.359 e. The van der Waals surface area contributed by atoms with E-state index < -0.39 is 6.03 Å². The van der Waals surface area contributed by atoms with Crippen LogP contribution in [0.5, 0.6) is 5.75 Å². The predicted molar refractivity (Wildman–Crippen MR) is 47.1 cm³/mol. The van der Waals surface area contributed by atoms with Gasteiger partial charge in [0.1, 0.15) is 5.75 Å². The van der Waals surface area contributed by atoms with Crippen molar-refractivity contribution >= 4 is 11.7 Å². The summed E-state index contributed by atoms with van der Waals surface area (Å²) < 4.78 is 0. The highest BCUT2D eigenvalue weighted by atomic mass is 16.3. The maximum absolute atomic E-state index is 10.6. The monoisotopic (exact) mass is 179 g/mol. The Morgan fingerprint density at radius 2 is 2.00 bits per heavy atom. The van der Waals surface area contributed by atoms with Crippen molar-refractivity contribution in [2.75, 3.05) is 7.05 Å². The number of urea groups is 1.